The van der Waals surface area contributed by atoms with Gasteiger partial charge in [0.15, 0.2) is 0 Å². The topological polar surface area (TPSA) is 97.2 Å². The van der Waals surface area contributed by atoms with Crippen LogP contribution in [-0.4, -0.2) is 35.1 Å². The number of ether oxygens (including phenoxy) is 1. The first-order chi connectivity index (χ1) is 9.66. The van der Waals surface area contributed by atoms with E-state index < -0.39 is 0 Å². The Morgan fingerprint density at radius 1 is 1.60 bits per heavy atom. The number of rotatable bonds is 3. The molecule has 1 aliphatic rings. The predicted molar refractivity (Wildman–Crippen MR) is 70.7 cm³/mol. The van der Waals surface area contributed by atoms with E-state index in [0.717, 1.165) is 19.4 Å². The van der Waals surface area contributed by atoms with E-state index in [9.17, 15) is 9.59 Å². The fourth-order valence-corrected chi connectivity index (χ4v) is 2.43. The fraction of sp³-hybridized carbons (Fsp3) is 0.462. The molecule has 0 saturated carbocycles. The molecule has 0 aromatic carbocycles. The van der Waals surface area contributed by atoms with Gasteiger partial charge in [0.05, 0.1) is 18.0 Å². The fourth-order valence-electron chi connectivity index (χ4n) is 2.43. The number of nitrogens with one attached hydrogen (secondary N) is 2. The van der Waals surface area contributed by atoms with Crippen molar-refractivity contribution in [1.29, 1.82) is 0 Å². The zero-order valence-electron chi connectivity index (χ0n) is 11.1. The van der Waals surface area contributed by atoms with E-state index in [2.05, 4.69) is 15.3 Å². The zero-order valence-corrected chi connectivity index (χ0v) is 11.1. The molecule has 7 nitrogen and oxygen atoms in total. The molecular formula is C13H15N3O4. The first-order valence-corrected chi connectivity index (χ1v) is 6.53. The lowest BCUT2D eigenvalue weighted by atomic mass is 10.1. The van der Waals surface area contributed by atoms with Crippen LogP contribution < -0.4 is 10.9 Å². The first-order valence-electron chi connectivity index (χ1n) is 6.53. The summed E-state index contributed by atoms with van der Waals surface area (Å²) in [5.41, 5.74) is 0.0370. The number of aryl methyl sites for hydroxylation is 1. The molecule has 3 rings (SSSR count). The van der Waals surface area contributed by atoms with Crippen molar-refractivity contribution in [2.75, 3.05) is 13.2 Å². The summed E-state index contributed by atoms with van der Waals surface area (Å²) in [6.07, 6.45) is 3.25. The van der Waals surface area contributed by atoms with Gasteiger partial charge in [-0.25, -0.2) is 4.98 Å². The Labute approximate surface area is 114 Å². The van der Waals surface area contributed by atoms with Crippen LogP contribution in [0.3, 0.4) is 0 Å². The molecule has 2 aromatic heterocycles. The number of H-pyrrole nitrogens is 1. The van der Waals surface area contributed by atoms with E-state index in [-0.39, 0.29) is 34.2 Å². The van der Waals surface area contributed by atoms with E-state index in [4.69, 9.17) is 9.15 Å². The highest BCUT2D eigenvalue weighted by Crippen LogP contribution is 2.20. The molecule has 1 aliphatic heterocycles. The summed E-state index contributed by atoms with van der Waals surface area (Å²) in [5.74, 6) is 0.0456. The summed E-state index contributed by atoms with van der Waals surface area (Å²) in [6, 6.07) is 0. The van der Waals surface area contributed by atoms with Gasteiger partial charge in [0.1, 0.15) is 11.1 Å². The quantitative estimate of drug-likeness (QED) is 0.862. The second kappa shape index (κ2) is 5.09. The highest BCUT2D eigenvalue weighted by Gasteiger charge is 2.23. The lowest BCUT2D eigenvalue weighted by Gasteiger charge is -2.10. The molecule has 106 valence electrons. The third-order valence-electron chi connectivity index (χ3n) is 3.41. The van der Waals surface area contributed by atoms with Gasteiger partial charge in [-0.05, 0) is 19.8 Å². The molecule has 20 heavy (non-hydrogen) atoms. The van der Waals surface area contributed by atoms with Gasteiger partial charge in [-0.3, -0.25) is 9.59 Å². The van der Waals surface area contributed by atoms with Crippen LogP contribution in [0, 0.1) is 6.92 Å². The van der Waals surface area contributed by atoms with Crippen LogP contribution in [0.2, 0.25) is 0 Å². The number of nitrogens with zero attached hydrogens (tertiary/aromatic N) is 1. The van der Waals surface area contributed by atoms with E-state index in [1.807, 2.05) is 0 Å². The van der Waals surface area contributed by atoms with E-state index in [1.165, 1.54) is 6.33 Å². The average molecular weight is 277 g/mol. The number of carbonyl (C=O) groups is 1. The van der Waals surface area contributed by atoms with Gasteiger partial charge in [0.25, 0.3) is 11.5 Å². The van der Waals surface area contributed by atoms with E-state index >= 15 is 0 Å². The second-order valence-electron chi connectivity index (χ2n) is 4.79. The van der Waals surface area contributed by atoms with Gasteiger partial charge >= 0.3 is 0 Å². The number of furan rings is 1. The maximum atomic E-state index is 12.2. The maximum absolute atomic E-state index is 12.2. The molecule has 7 heteroatoms. The van der Waals surface area contributed by atoms with Crippen LogP contribution in [0.1, 0.15) is 29.0 Å². The highest BCUT2D eigenvalue weighted by molar-refractivity contribution is 6.06. The average Bonchev–Trinajstić information content (AvgIpc) is 3.03. The predicted octanol–water partition coefficient (Wildman–Crippen LogP) is 0.733. The Bertz CT molecular complexity index is 697. The number of hydrogen-bond donors (Lipinski definition) is 2. The Morgan fingerprint density at radius 2 is 2.45 bits per heavy atom. The number of amides is 1. The minimum atomic E-state index is -0.380. The van der Waals surface area contributed by atoms with Crippen molar-refractivity contribution in [3.05, 3.63) is 28.0 Å². The van der Waals surface area contributed by atoms with Gasteiger partial charge in [0.2, 0.25) is 5.71 Å². The van der Waals surface area contributed by atoms with Gasteiger partial charge < -0.3 is 19.5 Å². The third-order valence-corrected chi connectivity index (χ3v) is 3.41. The molecule has 1 amide bonds. The molecule has 1 fully saturated rings. The maximum Gasteiger partial charge on any atom is 0.262 e. The smallest absolute Gasteiger partial charge is 0.262 e. The van der Waals surface area contributed by atoms with Gasteiger partial charge in [0, 0.05) is 13.2 Å². The number of hydrogen-bond acceptors (Lipinski definition) is 5. The third kappa shape index (κ3) is 2.20. The van der Waals surface area contributed by atoms with Crippen LogP contribution in [0.15, 0.2) is 15.5 Å². The minimum absolute atomic E-state index is 0.0498. The molecule has 3 heterocycles. The molecule has 0 spiro atoms. The van der Waals surface area contributed by atoms with Gasteiger partial charge in [-0.2, -0.15) is 0 Å². The van der Waals surface area contributed by atoms with Crippen molar-refractivity contribution in [1.82, 2.24) is 15.3 Å². The van der Waals surface area contributed by atoms with Crippen LogP contribution in [0.25, 0.3) is 11.1 Å². The summed E-state index contributed by atoms with van der Waals surface area (Å²) >= 11 is 0. The molecule has 2 N–H and O–H groups in total. The molecule has 2 aromatic rings. The van der Waals surface area contributed by atoms with Crippen LogP contribution >= 0.6 is 0 Å². The van der Waals surface area contributed by atoms with Crippen LogP contribution in [0.4, 0.5) is 0 Å². The van der Waals surface area contributed by atoms with Crippen molar-refractivity contribution in [2.24, 2.45) is 0 Å². The Kier molecular flexibility index (Phi) is 3.27. The van der Waals surface area contributed by atoms with Crippen molar-refractivity contribution in [2.45, 2.75) is 25.9 Å². The lowest BCUT2D eigenvalue weighted by Crippen LogP contribution is -2.32. The number of fused-ring (bicyclic) bond motifs is 1. The summed E-state index contributed by atoms with van der Waals surface area (Å²) in [4.78, 5) is 30.4. The van der Waals surface area contributed by atoms with E-state index in [1.54, 1.807) is 6.92 Å². The largest absolute Gasteiger partial charge is 0.442 e. The Morgan fingerprint density at radius 3 is 3.20 bits per heavy atom. The molecular weight excluding hydrogens is 262 g/mol. The molecule has 0 radical (unpaired) electrons. The Balaban J connectivity index is 1.87. The van der Waals surface area contributed by atoms with Crippen molar-refractivity contribution >= 4 is 17.0 Å². The zero-order chi connectivity index (χ0) is 14.1. The molecule has 1 saturated heterocycles. The molecule has 1 atom stereocenters. The van der Waals surface area contributed by atoms with Crippen molar-refractivity contribution in [3.8, 4) is 0 Å². The first kappa shape index (κ1) is 12.9. The summed E-state index contributed by atoms with van der Waals surface area (Å²) in [7, 11) is 0. The molecule has 1 unspecified atom stereocenters. The van der Waals surface area contributed by atoms with Gasteiger partial charge in [-0.15, -0.1) is 0 Å². The van der Waals surface area contributed by atoms with Crippen LogP contribution in [0.5, 0.6) is 0 Å². The van der Waals surface area contributed by atoms with Crippen molar-refractivity contribution < 1.29 is 13.9 Å². The number of carbonyl (C=O) groups excluding carboxylic acids is 1. The number of aromatic amines is 1. The lowest BCUT2D eigenvalue weighted by molar-refractivity contribution is 0.0857. The molecule has 0 aliphatic carbocycles. The SMILES string of the molecule is Cc1oc2nc[nH]c(=O)c2c1C(=O)NCC1CCCO1. The second-order valence-corrected chi connectivity index (χ2v) is 4.79. The van der Waals surface area contributed by atoms with E-state index in [0.29, 0.717) is 12.3 Å². The van der Waals surface area contributed by atoms with Crippen LogP contribution in [-0.2, 0) is 4.74 Å². The minimum Gasteiger partial charge on any atom is -0.442 e. The summed E-state index contributed by atoms with van der Waals surface area (Å²) in [6.45, 7) is 2.81. The number of aromatic nitrogens is 2. The standard InChI is InChI=1S/C13H15N3O4/c1-7-9(10-12(18)15-6-16-13(10)20-7)11(17)14-5-8-3-2-4-19-8/h6,8H,2-5H2,1H3,(H,14,17)(H,15,16,18). The molecule has 0 bridgehead atoms. The summed E-state index contributed by atoms with van der Waals surface area (Å²) < 4.78 is 10.8. The summed E-state index contributed by atoms with van der Waals surface area (Å²) in [5, 5.41) is 2.97. The monoisotopic (exact) mass is 277 g/mol. The van der Waals surface area contributed by atoms with Gasteiger partial charge in [-0.1, -0.05) is 0 Å². The highest BCUT2D eigenvalue weighted by atomic mass is 16.5. The normalized spacial score (nSPS) is 18.6. The van der Waals surface area contributed by atoms with Crippen molar-refractivity contribution in [3.63, 3.8) is 0 Å². The Hall–Kier alpha value is -2.15.